The van der Waals surface area contributed by atoms with Crippen LogP contribution in [-0.2, 0) is 24.4 Å². The molecule has 0 amide bonds. The van der Waals surface area contributed by atoms with Gasteiger partial charge in [0.1, 0.15) is 0 Å². The molecule has 0 saturated heterocycles. The third-order valence-corrected chi connectivity index (χ3v) is 8.80. The van der Waals surface area contributed by atoms with E-state index in [1.54, 1.807) is 0 Å². The van der Waals surface area contributed by atoms with E-state index >= 15 is 0 Å². The molecule has 0 spiro atoms. The predicted octanol–water partition coefficient (Wildman–Crippen LogP) is 6.54. The zero-order valence-electron chi connectivity index (χ0n) is 27.7. The molecule has 2 N–H and O–H groups in total. The molecule has 0 rings (SSSR count). The number of carbonyl (C=O) groups excluding carboxylic acids is 1. The standard InChI is InChI=1S/C32H62O7S.Na.H/c1-2-3-4-5-6-7-8-9-10-11-12-13-14-15-16-17-18-19-20-21-22-23-24-25-26-27-28-39-32(35)30(29-31(33)34)40(36,37)38;;/h30H,2-29H2,1H3,(H,33,34)(H,36,37,38);;/q;+1;-1. The normalized spacial score (nSPS) is 12.1. The third kappa shape index (κ3) is 31.1. The fourth-order valence-corrected chi connectivity index (χ4v) is 5.82. The van der Waals surface area contributed by atoms with E-state index in [1.807, 2.05) is 0 Å². The van der Waals surface area contributed by atoms with Crippen LogP contribution in [0.1, 0.15) is 182 Å². The van der Waals surface area contributed by atoms with E-state index in [0.717, 1.165) is 19.3 Å². The van der Waals surface area contributed by atoms with Crippen LogP contribution in [-0.4, -0.2) is 41.9 Å². The first kappa shape index (κ1) is 43.0. The zero-order chi connectivity index (χ0) is 29.7. The van der Waals surface area contributed by atoms with Gasteiger partial charge in [0.15, 0.2) is 5.25 Å². The molecule has 0 aliphatic carbocycles. The van der Waals surface area contributed by atoms with Gasteiger partial charge in [0.05, 0.1) is 13.0 Å². The summed E-state index contributed by atoms with van der Waals surface area (Å²) < 4.78 is 36.2. The maximum atomic E-state index is 11.7. The van der Waals surface area contributed by atoms with Gasteiger partial charge in [-0.25, -0.2) is 0 Å². The first-order valence-electron chi connectivity index (χ1n) is 16.6. The molecule has 0 saturated carbocycles. The number of ether oxygens (including phenoxy) is 1. The summed E-state index contributed by atoms with van der Waals surface area (Å²) in [7, 11) is -4.80. The number of carbonyl (C=O) groups is 2. The minimum atomic E-state index is -4.80. The molecular weight excluding hydrogens is 551 g/mol. The summed E-state index contributed by atoms with van der Waals surface area (Å²) in [5.41, 5.74) is 0. The molecule has 0 aliphatic heterocycles. The molecular formula is C32H63NaO7S. The summed E-state index contributed by atoms with van der Waals surface area (Å²) in [6, 6.07) is 0. The van der Waals surface area contributed by atoms with Crippen molar-refractivity contribution in [3.63, 3.8) is 0 Å². The Balaban J connectivity index is -0.00000760. The maximum Gasteiger partial charge on any atom is 1.00 e. The second kappa shape index (κ2) is 31.3. The summed E-state index contributed by atoms with van der Waals surface area (Å²) >= 11 is 0. The molecule has 41 heavy (non-hydrogen) atoms. The van der Waals surface area contributed by atoms with Gasteiger partial charge in [-0.05, 0) is 6.42 Å². The van der Waals surface area contributed by atoms with E-state index in [-0.39, 0.29) is 37.6 Å². The quantitative estimate of drug-likeness (QED) is 0.0394. The van der Waals surface area contributed by atoms with Crippen molar-refractivity contribution in [2.24, 2.45) is 0 Å². The van der Waals surface area contributed by atoms with Crippen LogP contribution in [0.2, 0.25) is 0 Å². The number of carboxylic acid groups (broad SMARTS) is 1. The van der Waals surface area contributed by atoms with Crippen molar-refractivity contribution in [2.75, 3.05) is 6.61 Å². The molecule has 0 aromatic heterocycles. The monoisotopic (exact) mass is 614 g/mol. The molecule has 0 radical (unpaired) electrons. The minimum Gasteiger partial charge on any atom is -1.00 e. The number of esters is 1. The van der Waals surface area contributed by atoms with Crippen molar-refractivity contribution in [3.8, 4) is 0 Å². The van der Waals surface area contributed by atoms with Gasteiger partial charge in [0.2, 0.25) is 0 Å². The third-order valence-electron chi connectivity index (χ3n) is 7.72. The Hall–Kier alpha value is -0.150. The number of unbranched alkanes of at least 4 members (excludes halogenated alkanes) is 25. The Morgan fingerprint density at radius 3 is 1.10 bits per heavy atom. The maximum absolute atomic E-state index is 11.7. The Kier molecular flexibility index (Phi) is 32.8. The van der Waals surface area contributed by atoms with Crippen LogP contribution in [0.4, 0.5) is 0 Å². The van der Waals surface area contributed by atoms with Crippen LogP contribution in [0.15, 0.2) is 0 Å². The number of carboxylic acids is 1. The Morgan fingerprint density at radius 2 is 0.854 bits per heavy atom. The molecule has 7 nitrogen and oxygen atoms in total. The molecule has 240 valence electrons. The van der Waals surface area contributed by atoms with Crippen molar-refractivity contribution in [2.45, 2.75) is 186 Å². The smallest absolute Gasteiger partial charge is 1.00 e. The number of hydrogen-bond acceptors (Lipinski definition) is 5. The van der Waals surface area contributed by atoms with Crippen molar-refractivity contribution >= 4 is 22.1 Å². The largest absolute Gasteiger partial charge is 1.00 e. The van der Waals surface area contributed by atoms with E-state index in [4.69, 9.17) is 14.4 Å². The predicted molar refractivity (Wildman–Crippen MR) is 165 cm³/mol. The van der Waals surface area contributed by atoms with E-state index in [2.05, 4.69) is 6.92 Å². The zero-order valence-corrected chi connectivity index (χ0v) is 29.5. The molecule has 0 aromatic rings. The van der Waals surface area contributed by atoms with Gasteiger partial charge in [0, 0.05) is 0 Å². The molecule has 0 aliphatic rings. The van der Waals surface area contributed by atoms with Gasteiger partial charge in [-0.1, -0.05) is 167 Å². The number of rotatable bonds is 31. The average Bonchev–Trinajstić information content (AvgIpc) is 2.90. The number of hydrogen-bond donors (Lipinski definition) is 2. The Bertz CT molecular complexity index is 707. The van der Waals surface area contributed by atoms with Crippen LogP contribution >= 0.6 is 0 Å². The van der Waals surface area contributed by atoms with Gasteiger partial charge in [-0.3, -0.25) is 14.1 Å². The van der Waals surface area contributed by atoms with Gasteiger partial charge in [-0.2, -0.15) is 8.42 Å². The molecule has 0 heterocycles. The van der Waals surface area contributed by atoms with Crippen LogP contribution in [0.5, 0.6) is 0 Å². The van der Waals surface area contributed by atoms with E-state index in [9.17, 15) is 18.0 Å². The van der Waals surface area contributed by atoms with E-state index in [0.29, 0.717) is 6.42 Å². The first-order valence-corrected chi connectivity index (χ1v) is 18.1. The Morgan fingerprint density at radius 1 is 0.585 bits per heavy atom. The van der Waals surface area contributed by atoms with Gasteiger partial charge < -0.3 is 11.3 Å². The topological polar surface area (TPSA) is 118 Å². The molecule has 1 atom stereocenters. The summed E-state index contributed by atoms with van der Waals surface area (Å²) in [5, 5.41) is 6.63. The summed E-state index contributed by atoms with van der Waals surface area (Å²) in [6.45, 7) is 2.31. The van der Waals surface area contributed by atoms with Gasteiger partial charge >= 0.3 is 41.5 Å². The number of aliphatic carboxylic acids is 1. The van der Waals surface area contributed by atoms with Crippen molar-refractivity contribution < 1.29 is 63.4 Å². The van der Waals surface area contributed by atoms with E-state index in [1.165, 1.54) is 141 Å². The van der Waals surface area contributed by atoms with Gasteiger partial charge in [0.25, 0.3) is 10.1 Å². The molecule has 0 aromatic carbocycles. The fraction of sp³-hybridized carbons (Fsp3) is 0.938. The summed E-state index contributed by atoms with van der Waals surface area (Å²) in [5.74, 6) is -2.69. The van der Waals surface area contributed by atoms with Crippen molar-refractivity contribution in [1.29, 1.82) is 0 Å². The van der Waals surface area contributed by atoms with Crippen LogP contribution in [0, 0.1) is 0 Å². The second-order valence-electron chi connectivity index (χ2n) is 11.6. The van der Waals surface area contributed by atoms with E-state index < -0.39 is 33.7 Å². The molecule has 0 bridgehead atoms. The minimum absolute atomic E-state index is 0. The Labute approximate surface area is 276 Å². The SMILES string of the molecule is CCCCCCCCCCCCCCCCCCCCCCCCCCCCOC(=O)C(CC(=O)O)S(=O)(=O)O.[H-].[Na+]. The molecule has 0 fully saturated rings. The summed E-state index contributed by atoms with van der Waals surface area (Å²) in [6.07, 6.45) is 33.1. The van der Waals surface area contributed by atoms with Crippen molar-refractivity contribution in [3.05, 3.63) is 0 Å². The molecule has 1 unspecified atom stereocenters. The fourth-order valence-electron chi connectivity index (χ4n) is 5.15. The van der Waals surface area contributed by atoms with Crippen LogP contribution in [0.25, 0.3) is 0 Å². The first-order chi connectivity index (χ1) is 19.3. The van der Waals surface area contributed by atoms with Gasteiger partial charge in [-0.15, -0.1) is 0 Å². The average molecular weight is 615 g/mol. The molecule has 9 heteroatoms. The van der Waals surface area contributed by atoms with Crippen molar-refractivity contribution in [1.82, 2.24) is 0 Å². The van der Waals surface area contributed by atoms with Crippen LogP contribution in [0.3, 0.4) is 0 Å². The second-order valence-corrected chi connectivity index (χ2v) is 13.2. The van der Waals surface area contributed by atoms with Crippen LogP contribution < -0.4 is 29.6 Å². The summed E-state index contributed by atoms with van der Waals surface area (Å²) in [4.78, 5) is 22.4.